The second-order valence-electron chi connectivity index (χ2n) is 7.23. The Balaban J connectivity index is 1.48. The number of sulfonamides is 1. The first-order chi connectivity index (χ1) is 13.4. The van der Waals surface area contributed by atoms with E-state index in [9.17, 15) is 13.2 Å². The standard InChI is InChI=1S/C22H26N2O3S/c1-17(7-8-18-5-3-2-4-6-18)23-22(25)16-11-19-9-14-21(15-10-19)28(26,27)24-20-12-13-20/h2-6,9-11,14-17,20,24H,7-8,12-13H2,1H3,(H,23,25)/b16-11+. The summed E-state index contributed by atoms with van der Waals surface area (Å²) in [7, 11) is -3.44. The van der Waals surface area contributed by atoms with Gasteiger partial charge in [-0.15, -0.1) is 0 Å². The highest BCUT2D eigenvalue weighted by molar-refractivity contribution is 7.89. The van der Waals surface area contributed by atoms with Gasteiger partial charge in [0.2, 0.25) is 15.9 Å². The number of nitrogens with one attached hydrogen (secondary N) is 2. The molecule has 0 radical (unpaired) electrons. The van der Waals surface area contributed by atoms with Crippen LogP contribution >= 0.6 is 0 Å². The number of hydrogen-bond donors (Lipinski definition) is 2. The van der Waals surface area contributed by atoms with Gasteiger partial charge in [0, 0.05) is 18.2 Å². The largest absolute Gasteiger partial charge is 0.350 e. The summed E-state index contributed by atoms with van der Waals surface area (Å²) in [6.45, 7) is 1.99. The predicted octanol–water partition coefficient (Wildman–Crippen LogP) is 3.28. The molecule has 0 aliphatic heterocycles. The average molecular weight is 399 g/mol. The molecule has 0 heterocycles. The van der Waals surface area contributed by atoms with Crippen LogP contribution in [0.25, 0.3) is 6.08 Å². The predicted molar refractivity (Wildman–Crippen MR) is 111 cm³/mol. The quantitative estimate of drug-likeness (QED) is 0.637. The van der Waals surface area contributed by atoms with Crippen LogP contribution in [0.15, 0.2) is 65.6 Å². The summed E-state index contributed by atoms with van der Waals surface area (Å²) in [5.74, 6) is -0.160. The van der Waals surface area contributed by atoms with Gasteiger partial charge >= 0.3 is 0 Å². The van der Waals surface area contributed by atoms with E-state index in [0.717, 1.165) is 31.2 Å². The number of amides is 1. The lowest BCUT2D eigenvalue weighted by molar-refractivity contribution is -0.117. The molecule has 1 aliphatic carbocycles. The fraction of sp³-hybridized carbons (Fsp3) is 0.318. The van der Waals surface area contributed by atoms with Gasteiger partial charge in [0.25, 0.3) is 0 Å². The van der Waals surface area contributed by atoms with Crippen LogP contribution in [-0.2, 0) is 21.2 Å². The smallest absolute Gasteiger partial charge is 0.244 e. The van der Waals surface area contributed by atoms with E-state index in [-0.39, 0.29) is 22.9 Å². The summed E-state index contributed by atoms with van der Waals surface area (Å²) in [4.78, 5) is 12.3. The Labute approximate surface area is 166 Å². The third kappa shape index (κ3) is 6.32. The van der Waals surface area contributed by atoms with E-state index in [4.69, 9.17) is 0 Å². The lowest BCUT2D eigenvalue weighted by Gasteiger charge is -2.12. The maximum absolute atomic E-state index is 12.2. The van der Waals surface area contributed by atoms with Crippen LogP contribution in [0.1, 0.15) is 37.3 Å². The zero-order chi connectivity index (χ0) is 20.0. The molecular weight excluding hydrogens is 372 g/mol. The van der Waals surface area contributed by atoms with Crippen LogP contribution in [0.5, 0.6) is 0 Å². The first-order valence-corrected chi connectivity index (χ1v) is 11.1. The van der Waals surface area contributed by atoms with E-state index in [1.165, 1.54) is 11.6 Å². The van der Waals surface area contributed by atoms with Crippen LogP contribution in [-0.4, -0.2) is 26.4 Å². The summed E-state index contributed by atoms with van der Waals surface area (Å²) in [5, 5.41) is 2.95. The zero-order valence-electron chi connectivity index (χ0n) is 16.0. The Kier molecular flexibility index (Phi) is 6.65. The van der Waals surface area contributed by atoms with Gasteiger partial charge in [-0.2, -0.15) is 0 Å². The van der Waals surface area contributed by atoms with Crippen molar-refractivity contribution < 1.29 is 13.2 Å². The minimum Gasteiger partial charge on any atom is -0.350 e. The molecule has 0 saturated heterocycles. The van der Waals surface area contributed by atoms with E-state index < -0.39 is 10.0 Å². The first kappa shape index (κ1) is 20.3. The van der Waals surface area contributed by atoms with Crippen LogP contribution in [0.2, 0.25) is 0 Å². The SMILES string of the molecule is CC(CCc1ccccc1)NC(=O)/C=C/c1ccc(S(=O)(=O)NC2CC2)cc1. The highest BCUT2D eigenvalue weighted by atomic mass is 32.2. The van der Waals surface area contributed by atoms with Crippen molar-refractivity contribution in [2.24, 2.45) is 0 Å². The molecule has 6 heteroatoms. The summed E-state index contributed by atoms with van der Waals surface area (Å²) in [6.07, 6.45) is 6.74. The Hall–Kier alpha value is -2.44. The van der Waals surface area contributed by atoms with Crippen molar-refractivity contribution in [1.82, 2.24) is 10.0 Å². The van der Waals surface area contributed by atoms with Crippen molar-refractivity contribution >= 4 is 22.0 Å². The summed E-state index contributed by atoms with van der Waals surface area (Å²) in [6, 6.07) is 16.8. The van der Waals surface area contributed by atoms with Crippen molar-refractivity contribution in [2.75, 3.05) is 0 Å². The summed E-state index contributed by atoms with van der Waals surface area (Å²) < 4.78 is 27.0. The molecule has 2 aromatic rings. The third-order valence-corrected chi connectivity index (χ3v) is 6.15. The summed E-state index contributed by atoms with van der Waals surface area (Å²) in [5.41, 5.74) is 2.03. The minimum absolute atomic E-state index is 0.0679. The van der Waals surface area contributed by atoms with Gasteiger partial charge in [-0.25, -0.2) is 13.1 Å². The zero-order valence-corrected chi connectivity index (χ0v) is 16.8. The van der Waals surface area contributed by atoms with E-state index in [0.29, 0.717) is 0 Å². The lowest BCUT2D eigenvalue weighted by atomic mass is 10.1. The molecule has 28 heavy (non-hydrogen) atoms. The van der Waals surface area contributed by atoms with E-state index in [1.807, 2.05) is 25.1 Å². The molecule has 148 valence electrons. The molecule has 1 aliphatic rings. The second kappa shape index (κ2) is 9.17. The molecule has 5 nitrogen and oxygen atoms in total. The fourth-order valence-corrected chi connectivity index (χ4v) is 4.11. The molecular formula is C22H26N2O3S. The molecule has 1 unspecified atom stereocenters. The Morgan fingerprint density at radius 3 is 2.43 bits per heavy atom. The fourth-order valence-electron chi connectivity index (χ4n) is 2.81. The molecule has 2 N–H and O–H groups in total. The van der Waals surface area contributed by atoms with Gasteiger partial charge < -0.3 is 5.32 Å². The molecule has 3 rings (SSSR count). The van der Waals surface area contributed by atoms with Crippen molar-refractivity contribution in [1.29, 1.82) is 0 Å². The van der Waals surface area contributed by atoms with Gasteiger partial charge in [0.05, 0.1) is 4.90 Å². The van der Waals surface area contributed by atoms with Gasteiger partial charge in [0.15, 0.2) is 0 Å². The van der Waals surface area contributed by atoms with E-state index in [2.05, 4.69) is 22.2 Å². The molecule has 0 aromatic heterocycles. The van der Waals surface area contributed by atoms with E-state index >= 15 is 0 Å². The molecule has 1 fully saturated rings. The van der Waals surface area contributed by atoms with E-state index in [1.54, 1.807) is 30.3 Å². The number of rotatable bonds is 9. The molecule has 0 spiro atoms. The lowest BCUT2D eigenvalue weighted by Crippen LogP contribution is -2.31. The molecule has 1 amide bonds. The normalized spacial score (nSPS) is 15.5. The van der Waals surface area contributed by atoms with Gasteiger partial charge in [-0.1, -0.05) is 42.5 Å². The van der Waals surface area contributed by atoms with Crippen molar-refractivity contribution in [3.05, 3.63) is 71.8 Å². The van der Waals surface area contributed by atoms with Crippen molar-refractivity contribution in [3.8, 4) is 0 Å². The Morgan fingerprint density at radius 2 is 1.79 bits per heavy atom. The molecule has 1 saturated carbocycles. The number of carbonyl (C=O) groups excluding carboxylic acids is 1. The van der Waals surface area contributed by atoms with Crippen LogP contribution in [0.3, 0.4) is 0 Å². The van der Waals surface area contributed by atoms with Gasteiger partial charge in [-0.3, -0.25) is 4.79 Å². The van der Waals surface area contributed by atoms with Crippen LogP contribution < -0.4 is 10.0 Å². The Morgan fingerprint density at radius 1 is 1.11 bits per heavy atom. The average Bonchev–Trinajstić information content (AvgIpc) is 3.49. The van der Waals surface area contributed by atoms with Crippen LogP contribution in [0, 0.1) is 0 Å². The maximum atomic E-state index is 12.2. The molecule has 1 atom stereocenters. The van der Waals surface area contributed by atoms with Crippen LogP contribution in [0.4, 0.5) is 0 Å². The topological polar surface area (TPSA) is 75.3 Å². The number of hydrogen-bond acceptors (Lipinski definition) is 3. The first-order valence-electron chi connectivity index (χ1n) is 9.57. The van der Waals surface area contributed by atoms with Crippen molar-refractivity contribution in [3.63, 3.8) is 0 Å². The van der Waals surface area contributed by atoms with Gasteiger partial charge in [-0.05, 0) is 61.9 Å². The summed E-state index contributed by atoms with van der Waals surface area (Å²) >= 11 is 0. The number of aryl methyl sites for hydroxylation is 1. The number of benzene rings is 2. The second-order valence-corrected chi connectivity index (χ2v) is 8.95. The number of carbonyl (C=O) groups is 1. The highest BCUT2D eigenvalue weighted by Gasteiger charge is 2.27. The molecule has 0 bridgehead atoms. The third-order valence-electron chi connectivity index (χ3n) is 4.61. The van der Waals surface area contributed by atoms with Crippen molar-refractivity contribution in [2.45, 2.75) is 49.6 Å². The van der Waals surface area contributed by atoms with Gasteiger partial charge in [0.1, 0.15) is 0 Å². The minimum atomic E-state index is -3.44. The Bertz CT molecular complexity index is 918. The molecule has 2 aromatic carbocycles. The monoisotopic (exact) mass is 398 g/mol. The highest BCUT2D eigenvalue weighted by Crippen LogP contribution is 2.22. The maximum Gasteiger partial charge on any atom is 0.244 e.